The van der Waals surface area contributed by atoms with Crippen molar-refractivity contribution in [2.75, 3.05) is 17.7 Å². The van der Waals surface area contributed by atoms with Crippen molar-refractivity contribution >= 4 is 39.1 Å². The third kappa shape index (κ3) is 5.93. The second kappa shape index (κ2) is 9.89. The normalized spacial score (nSPS) is 10.3. The molecule has 0 heterocycles. The molecule has 148 valence electrons. The molecule has 3 rings (SSSR count). The third-order valence-electron chi connectivity index (χ3n) is 4.32. The lowest BCUT2D eigenvalue weighted by atomic mass is 10.1. The first-order valence-electron chi connectivity index (χ1n) is 9.14. The number of rotatable bonds is 7. The molecule has 0 spiro atoms. The summed E-state index contributed by atoms with van der Waals surface area (Å²) in [5, 5.41) is 5.71. The van der Waals surface area contributed by atoms with E-state index >= 15 is 0 Å². The van der Waals surface area contributed by atoms with Crippen molar-refractivity contribution < 1.29 is 14.3 Å². The van der Waals surface area contributed by atoms with Gasteiger partial charge in [0.1, 0.15) is 5.75 Å². The molecule has 0 saturated heterocycles. The molecule has 2 N–H and O–H groups in total. The highest BCUT2D eigenvalue weighted by Gasteiger charge is 2.10. The molecule has 0 aliphatic rings. The van der Waals surface area contributed by atoms with Crippen LogP contribution in [-0.4, -0.2) is 18.9 Å². The molecule has 29 heavy (non-hydrogen) atoms. The predicted molar refractivity (Wildman–Crippen MR) is 118 cm³/mol. The lowest BCUT2D eigenvalue weighted by Gasteiger charge is -2.09. The van der Waals surface area contributed by atoms with Gasteiger partial charge in [-0.05, 0) is 70.4 Å². The van der Waals surface area contributed by atoms with Crippen molar-refractivity contribution in [2.24, 2.45) is 0 Å². The topological polar surface area (TPSA) is 67.4 Å². The number of aryl methyl sites for hydroxylation is 1. The summed E-state index contributed by atoms with van der Waals surface area (Å²) in [4.78, 5) is 24.5. The Morgan fingerprint density at radius 1 is 0.897 bits per heavy atom. The summed E-state index contributed by atoms with van der Waals surface area (Å²) in [6.07, 6.45) is 1.10. The SMILES string of the molecule is COc1ccc(C(=O)Nc2ccc(NC(=O)CCc3ccccc3)cc2)cc1Br. The Hall–Kier alpha value is -3.12. The number of benzene rings is 3. The van der Waals surface area contributed by atoms with Gasteiger partial charge in [-0.25, -0.2) is 0 Å². The molecule has 0 unspecified atom stereocenters. The quantitative estimate of drug-likeness (QED) is 0.512. The van der Waals surface area contributed by atoms with Gasteiger partial charge in [-0.2, -0.15) is 0 Å². The Kier molecular flexibility index (Phi) is 7.03. The number of amides is 2. The van der Waals surface area contributed by atoms with E-state index in [0.717, 1.165) is 5.56 Å². The average Bonchev–Trinajstić information content (AvgIpc) is 2.74. The van der Waals surface area contributed by atoms with E-state index in [1.807, 2.05) is 30.3 Å². The monoisotopic (exact) mass is 452 g/mol. The summed E-state index contributed by atoms with van der Waals surface area (Å²) in [5.41, 5.74) is 2.97. The largest absolute Gasteiger partial charge is 0.496 e. The van der Waals surface area contributed by atoms with Crippen LogP contribution in [0.3, 0.4) is 0 Å². The molecule has 3 aromatic rings. The molecular weight excluding hydrogens is 432 g/mol. The van der Waals surface area contributed by atoms with Crippen molar-refractivity contribution in [3.05, 3.63) is 88.4 Å². The maximum Gasteiger partial charge on any atom is 0.255 e. The predicted octanol–water partition coefficient (Wildman–Crippen LogP) is 5.28. The number of carbonyl (C=O) groups is 2. The van der Waals surface area contributed by atoms with Crippen LogP contribution in [0.5, 0.6) is 5.75 Å². The van der Waals surface area contributed by atoms with Crippen molar-refractivity contribution in [1.29, 1.82) is 0 Å². The molecule has 0 aromatic heterocycles. The van der Waals surface area contributed by atoms with E-state index < -0.39 is 0 Å². The minimum atomic E-state index is -0.229. The highest BCUT2D eigenvalue weighted by molar-refractivity contribution is 9.10. The standard InChI is InChI=1S/C23H21BrN2O3/c1-29-21-13-8-17(15-20(21)24)23(28)26-19-11-9-18(10-12-19)25-22(27)14-7-16-5-3-2-4-6-16/h2-6,8-13,15H,7,14H2,1H3,(H,25,27)(H,26,28). The van der Waals surface area contributed by atoms with Crippen LogP contribution < -0.4 is 15.4 Å². The van der Waals surface area contributed by atoms with E-state index in [1.165, 1.54) is 0 Å². The molecule has 6 heteroatoms. The second-order valence-electron chi connectivity index (χ2n) is 6.41. The smallest absolute Gasteiger partial charge is 0.255 e. The molecule has 0 bridgehead atoms. The summed E-state index contributed by atoms with van der Waals surface area (Å²) in [6.45, 7) is 0. The fourth-order valence-corrected chi connectivity index (χ4v) is 3.31. The van der Waals surface area contributed by atoms with Crippen LogP contribution in [0.4, 0.5) is 11.4 Å². The molecule has 0 aliphatic heterocycles. The Morgan fingerprint density at radius 3 is 2.17 bits per heavy atom. The number of halogens is 1. The first kappa shape index (κ1) is 20.6. The van der Waals surface area contributed by atoms with Crippen molar-refractivity contribution in [3.8, 4) is 5.75 Å². The summed E-state index contributed by atoms with van der Waals surface area (Å²) in [6, 6.07) is 22.1. The molecule has 0 aliphatic carbocycles. The van der Waals surface area contributed by atoms with Gasteiger partial charge in [0, 0.05) is 23.4 Å². The van der Waals surface area contributed by atoms with Crippen LogP contribution in [0, 0.1) is 0 Å². The molecular formula is C23H21BrN2O3. The van der Waals surface area contributed by atoms with Crippen LogP contribution in [0.2, 0.25) is 0 Å². The maximum atomic E-state index is 12.4. The third-order valence-corrected chi connectivity index (χ3v) is 4.94. The minimum absolute atomic E-state index is 0.0475. The number of nitrogens with one attached hydrogen (secondary N) is 2. The molecule has 2 amide bonds. The summed E-state index contributed by atoms with van der Waals surface area (Å²) < 4.78 is 5.88. The van der Waals surface area contributed by atoms with Gasteiger partial charge in [-0.15, -0.1) is 0 Å². The number of methoxy groups -OCH3 is 1. The first-order chi connectivity index (χ1) is 14.0. The van der Waals surface area contributed by atoms with Gasteiger partial charge < -0.3 is 15.4 Å². The molecule has 0 atom stereocenters. The van der Waals surface area contributed by atoms with E-state index in [1.54, 1.807) is 49.6 Å². The Labute approximate surface area is 178 Å². The van der Waals surface area contributed by atoms with Crippen molar-refractivity contribution in [1.82, 2.24) is 0 Å². The first-order valence-corrected chi connectivity index (χ1v) is 9.93. The van der Waals surface area contributed by atoms with Gasteiger partial charge in [0.15, 0.2) is 0 Å². The molecule has 3 aromatic carbocycles. The Bertz CT molecular complexity index is 989. The van der Waals surface area contributed by atoms with Crippen LogP contribution >= 0.6 is 15.9 Å². The molecule has 5 nitrogen and oxygen atoms in total. The number of hydrogen-bond acceptors (Lipinski definition) is 3. The van der Waals surface area contributed by atoms with Crippen LogP contribution in [0.15, 0.2) is 77.3 Å². The van der Waals surface area contributed by atoms with E-state index in [-0.39, 0.29) is 11.8 Å². The van der Waals surface area contributed by atoms with Gasteiger partial charge in [-0.1, -0.05) is 30.3 Å². The number of hydrogen-bond donors (Lipinski definition) is 2. The lowest BCUT2D eigenvalue weighted by molar-refractivity contribution is -0.116. The highest BCUT2D eigenvalue weighted by Crippen LogP contribution is 2.26. The van der Waals surface area contributed by atoms with E-state index in [0.29, 0.717) is 40.0 Å². The van der Waals surface area contributed by atoms with Gasteiger partial charge >= 0.3 is 0 Å². The molecule has 0 saturated carbocycles. The van der Waals surface area contributed by atoms with Gasteiger partial charge in [0.05, 0.1) is 11.6 Å². The maximum absolute atomic E-state index is 12.4. The number of carbonyl (C=O) groups excluding carboxylic acids is 2. The zero-order valence-corrected chi connectivity index (χ0v) is 17.5. The zero-order valence-electron chi connectivity index (χ0n) is 15.9. The number of anilines is 2. The zero-order chi connectivity index (χ0) is 20.6. The Balaban J connectivity index is 1.53. The lowest BCUT2D eigenvalue weighted by Crippen LogP contribution is -2.13. The van der Waals surface area contributed by atoms with Crippen LogP contribution in [0.25, 0.3) is 0 Å². The van der Waals surface area contributed by atoms with Crippen molar-refractivity contribution in [2.45, 2.75) is 12.8 Å². The van der Waals surface area contributed by atoms with Crippen LogP contribution in [-0.2, 0) is 11.2 Å². The number of ether oxygens (including phenoxy) is 1. The fraction of sp³-hybridized carbons (Fsp3) is 0.130. The molecule has 0 radical (unpaired) electrons. The summed E-state index contributed by atoms with van der Waals surface area (Å²) in [7, 11) is 1.57. The van der Waals surface area contributed by atoms with E-state index in [4.69, 9.17) is 4.74 Å². The Morgan fingerprint density at radius 2 is 1.55 bits per heavy atom. The fourth-order valence-electron chi connectivity index (χ4n) is 2.77. The summed E-state index contributed by atoms with van der Waals surface area (Å²) >= 11 is 3.38. The van der Waals surface area contributed by atoms with Gasteiger partial charge in [-0.3, -0.25) is 9.59 Å². The van der Waals surface area contributed by atoms with E-state index in [9.17, 15) is 9.59 Å². The highest BCUT2D eigenvalue weighted by atomic mass is 79.9. The second-order valence-corrected chi connectivity index (χ2v) is 7.27. The summed E-state index contributed by atoms with van der Waals surface area (Å²) in [5.74, 6) is 0.385. The van der Waals surface area contributed by atoms with Crippen LogP contribution in [0.1, 0.15) is 22.3 Å². The van der Waals surface area contributed by atoms with Crippen molar-refractivity contribution in [3.63, 3.8) is 0 Å². The molecule has 0 fully saturated rings. The average molecular weight is 453 g/mol. The van der Waals surface area contributed by atoms with Gasteiger partial charge in [0.2, 0.25) is 5.91 Å². The van der Waals surface area contributed by atoms with E-state index in [2.05, 4.69) is 26.6 Å². The van der Waals surface area contributed by atoms with Gasteiger partial charge in [0.25, 0.3) is 5.91 Å². The minimum Gasteiger partial charge on any atom is -0.496 e.